The Balaban J connectivity index is 2.09. The van der Waals surface area contributed by atoms with Crippen molar-refractivity contribution < 1.29 is 9.84 Å². The van der Waals surface area contributed by atoms with Gasteiger partial charge >= 0.3 is 0 Å². The predicted octanol–water partition coefficient (Wildman–Crippen LogP) is 2.67. The molecular formula is C16H25NO2. The second kappa shape index (κ2) is 6.40. The van der Waals surface area contributed by atoms with Crippen LogP contribution in [0, 0.1) is 11.8 Å². The summed E-state index contributed by atoms with van der Waals surface area (Å²) in [5, 5.41) is 9.25. The van der Waals surface area contributed by atoms with Gasteiger partial charge in [0.05, 0.1) is 13.7 Å². The highest BCUT2D eigenvalue weighted by Gasteiger charge is 2.23. The lowest BCUT2D eigenvalue weighted by Gasteiger charge is -2.35. The Kier molecular flexibility index (Phi) is 4.83. The van der Waals surface area contributed by atoms with Crippen molar-refractivity contribution >= 4 is 0 Å². The number of rotatable bonds is 4. The molecule has 2 atom stereocenters. The normalized spacial score (nSPS) is 24.4. The van der Waals surface area contributed by atoms with Gasteiger partial charge in [-0.05, 0) is 42.5 Å². The minimum atomic E-state index is 0.0877. The van der Waals surface area contributed by atoms with Crippen LogP contribution in [0.1, 0.15) is 31.4 Å². The van der Waals surface area contributed by atoms with E-state index in [-0.39, 0.29) is 6.61 Å². The first kappa shape index (κ1) is 14.4. The summed E-state index contributed by atoms with van der Waals surface area (Å²) in [6.07, 6.45) is 1.27. The second-order valence-corrected chi connectivity index (χ2v) is 5.78. The molecule has 3 heteroatoms. The molecule has 2 rings (SSSR count). The van der Waals surface area contributed by atoms with E-state index in [1.165, 1.54) is 12.0 Å². The molecule has 1 aliphatic heterocycles. The maximum atomic E-state index is 9.25. The topological polar surface area (TPSA) is 32.7 Å². The van der Waals surface area contributed by atoms with Crippen molar-refractivity contribution in [3.8, 4) is 5.75 Å². The van der Waals surface area contributed by atoms with Gasteiger partial charge in [0.15, 0.2) is 0 Å². The van der Waals surface area contributed by atoms with E-state index < -0.39 is 0 Å². The number of likely N-dealkylation sites (tertiary alicyclic amines) is 1. The van der Waals surface area contributed by atoms with E-state index in [0.29, 0.717) is 0 Å². The fourth-order valence-electron chi connectivity index (χ4n) is 2.79. The fraction of sp³-hybridized carbons (Fsp3) is 0.625. The average molecular weight is 263 g/mol. The molecule has 1 aromatic rings. The number of benzene rings is 1. The van der Waals surface area contributed by atoms with E-state index in [4.69, 9.17) is 4.74 Å². The molecule has 1 N–H and O–H groups in total. The number of methoxy groups -OCH3 is 1. The van der Waals surface area contributed by atoms with E-state index >= 15 is 0 Å². The first-order chi connectivity index (χ1) is 9.13. The Morgan fingerprint density at radius 1 is 1.32 bits per heavy atom. The molecule has 0 radical (unpaired) electrons. The number of piperidine rings is 1. The number of ether oxygens (including phenoxy) is 1. The summed E-state index contributed by atoms with van der Waals surface area (Å²) >= 11 is 0. The zero-order chi connectivity index (χ0) is 13.8. The molecule has 1 fully saturated rings. The van der Waals surface area contributed by atoms with Gasteiger partial charge in [-0.25, -0.2) is 0 Å². The average Bonchev–Trinajstić information content (AvgIpc) is 2.43. The van der Waals surface area contributed by atoms with Crippen LogP contribution in [0.3, 0.4) is 0 Å². The van der Waals surface area contributed by atoms with E-state index in [1.807, 2.05) is 12.1 Å². The summed E-state index contributed by atoms with van der Waals surface area (Å²) < 4.78 is 5.43. The van der Waals surface area contributed by atoms with Crippen LogP contribution in [0.5, 0.6) is 5.75 Å². The largest absolute Gasteiger partial charge is 0.496 e. The molecule has 0 aliphatic carbocycles. The Hall–Kier alpha value is -1.06. The number of hydrogen-bond acceptors (Lipinski definition) is 3. The van der Waals surface area contributed by atoms with Crippen molar-refractivity contribution in [2.45, 2.75) is 33.4 Å². The third-order valence-electron chi connectivity index (χ3n) is 4.34. The van der Waals surface area contributed by atoms with Crippen LogP contribution in [0.2, 0.25) is 0 Å². The van der Waals surface area contributed by atoms with Crippen LogP contribution in [-0.2, 0) is 13.2 Å². The third kappa shape index (κ3) is 3.48. The van der Waals surface area contributed by atoms with Crippen LogP contribution >= 0.6 is 0 Å². The maximum Gasteiger partial charge on any atom is 0.123 e. The molecule has 106 valence electrons. The van der Waals surface area contributed by atoms with Crippen molar-refractivity contribution in [2.75, 3.05) is 20.2 Å². The molecule has 0 aromatic heterocycles. The van der Waals surface area contributed by atoms with E-state index in [1.54, 1.807) is 7.11 Å². The van der Waals surface area contributed by atoms with Gasteiger partial charge in [0, 0.05) is 18.7 Å². The van der Waals surface area contributed by atoms with Gasteiger partial charge in [0.1, 0.15) is 5.75 Å². The number of hydrogen-bond donors (Lipinski definition) is 1. The minimum absolute atomic E-state index is 0.0877. The molecule has 0 bridgehead atoms. The van der Waals surface area contributed by atoms with Gasteiger partial charge in [-0.3, -0.25) is 4.90 Å². The first-order valence-corrected chi connectivity index (χ1v) is 7.13. The Labute approximate surface area is 116 Å². The van der Waals surface area contributed by atoms with Crippen LogP contribution in [-0.4, -0.2) is 30.2 Å². The van der Waals surface area contributed by atoms with Gasteiger partial charge in [0.2, 0.25) is 0 Å². The number of aliphatic hydroxyl groups excluding tert-OH is 1. The summed E-state index contributed by atoms with van der Waals surface area (Å²) in [4.78, 5) is 2.49. The SMILES string of the molecule is COc1ccc(CO)cc1CN1CCC(C)C(C)C1. The first-order valence-electron chi connectivity index (χ1n) is 7.13. The monoisotopic (exact) mass is 263 g/mol. The highest BCUT2D eigenvalue weighted by Crippen LogP contribution is 2.27. The van der Waals surface area contributed by atoms with Crippen molar-refractivity contribution in [3.63, 3.8) is 0 Å². The lowest BCUT2D eigenvalue weighted by Crippen LogP contribution is -2.37. The standard InChI is InChI=1S/C16H25NO2/c1-12-6-7-17(9-13(12)2)10-15-8-14(11-18)4-5-16(15)19-3/h4-5,8,12-13,18H,6-7,9-11H2,1-3H3. The van der Waals surface area contributed by atoms with Crippen LogP contribution < -0.4 is 4.74 Å². The lowest BCUT2D eigenvalue weighted by atomic mass is 9.88. The van der Waals surface area contributed by atoms with E-state index in [9.17, 15) is 5.11 Å². The van der Waals surface area contributed by atoms with Crippen molar-refractivity contribution in [1.29, 1.82) is 0 Å². The quantitative estimate of drug-likeness (QED) is 0.906. The predicted molar refractivity (Wildman–Crippen MR) is 77.1 cm³/mol. The number of aliphatic hydroxyl groups is 1. The lowest BCUT2D eigenvalue weighted by molar-refractivity contribution is 0.131. The minimum Gasteiger partial charge on any atom is -0.496 e. The maximum absolute atomic E-state index is 9.25. The van der Waals surface area contributed by atoms with Gasteiger partial charge in [-0.2, -0.15) is 0 Å². The van der Waals surface area contributed by atoms with Crippen LogP contribution in [0.25, 0.3) is 0 Å². The van der Waals surface area contributed by atoms with Gasteiger partial charge in [0.25, 0.3) is 0 Å². The molecule has 1 saturated heterocycles. The van der Waals surface area contributed by atoms with Gasteiger partial charge in [-0.15, -0.1) is 0 Å². The summed E-state index contributed by atoms with van der Waals surface area (Å²) in [5.41, 5.74) is 2.13. The highest BCUT2D eigenvalue weighted by atomic mass is 16.5. The second-order valence-electron chi connectivity index (χ2n) is 5.78. The van der Waals surface area contributed by atoms with Crippen LogP contribution in [0.15, 0.2) is 18.2 Å². The Morgan fingerprint density at radius 2 is 2.11 bits per heavy atom. The van der Waals surface area contributed by atoms with Crippen molar-refractivity contribution in [2.24, 2.45) is 11.8 Å². The third-order valence-corrected chi connectivity index (χ3v) is 4.34. The Morgan fingerprint density at radius 3 is 2.74 bits per heavy atom. The smallest absolute Gasteiger partial charge is 0.123 e. The summed E-state index contributed by atoms with van der Waals surface area (Å²) in [5.74, 6) is 2.49. The molecule has 0 saturated carbocycles. The fourth-order valence-corrected chi connectivity index (χ4v) is 2.79. The van der Waals surface area contributed by atoms with Crippen molar-refractivity contribution in [3.05, 3.63) is 29.3 Å². The van der Waals surface area contributed by atoms with E-state index in [2.05, 4.69) is 24.8 Å². The summed E-state index contributed by atoms with van der Waals surface area (Å²) in [6.45, 7) is 7.97. The van der Waals surface area contributed by atoms with Gasteiger partial charge < -0.3 is 9.84 Å². The zero-order valence-electron chi connectivity index (χ0n) is 12.2. The summed E-state index contributed by atoms with van der Waals surface area (Å²) in [6, 6.07) is 5.93. The molecule has 3 nitrogen and oxygen atoms in total. The molecule has 2 unspecified atom stereocenters. The highest BCUT2D eigenvalue weighted by molar-refractivity contribution is 5.37. The van der Waals surface area contributed by atoms with Gasteiger partial charge in [-0.1, -0.05) is 19.9 Å². The zero-order valence-corrected chi connectivity index (χ0v) is 12.2. The molecular weight excluding hydrogens is 238 g/mol. The number of nitrogens with zero attached hydrogens (tertiary/aromatic N) is 1. The molecule has 0 spiro atoms. The molecule has 1 heterocycles. The summed E-state index contributed by atoms with van der Waals surface area (Å²) in [7, 11) is 1.71. The Bertz CT molecular complexity index is 419. The molecule has 0 amide bonds. The molecule has 19 heavy (non-hydrogen) atoms. The van der Waals surface area contributed by atoms with Crippen LogP contribution in [0.4, 0.5) is 0 Å². The molecule has 1 aromatic carbocycles. The van der Waals surface area contributed by atoms with Crippen molar-refractivity contribution in [1.82, 2.24) is 4.90 Å². The molecule has 1 aliphatic rings. The van der Waals surface area contributed by atoms with E-state index in [0.717, 1.165) is 42.8 Å².